The van der Waals surface area contributed by atoms with E-state index in [2.05, 4.69) is 22.1 Å². The smallest absolute Gasteiger partial charge is 0.360 e. The quantitative estimate of drug-likeness (QED) is 0.815. The Bertz CT molecular complexity index is 661. The molecule has 0 unspecified atom stereocenters. The van der Waals surface area contributed by atoms with Crippen molar-refractivity contribution in [2.45, 2.75) is 13.8 Å². The van der Waals surface area contributed by atoms with Gasteiger partial charge in [0.05, 0.1) is 5.69 Å². The van der Waals surface area contributed by atoms with Gasteiger partial charge in [-0.05, 0) is 25.5 Å². The Labute approximate surface area is 116 Å². The molecule has 0 saturated carbocycles. The number of nitrogens with zero attached hydrogens (tertiary/aromatic N) is 3. The molecule has 104 valence electrons. The van der Waals surface area contributed by atoms with Crippen molar-refractivity contribution < 1.29 is 9.90 Å². The van der Waals surface area contributed by atoms with Crippen LogP contribution in [0.5, 0.6) is 0 Å². The van der Waals surface area contributed by atoms with Crippen molar-refractivity contribution >= 4 is 11.8 Å². The Morgan fingerprint density at radius 1 is 1.45 bits per heavy atom. The van der Waals surface area contributed by atoms with Gasteiger partial charge >= 0.3 is 5.97 Å². The van der Waals surface area contributed by atoms with Gasteiger partial charge in [-0.2, -0.15) is 0 Å². The van der Waals surface area contributed by atoms with Crippen molar-refractivity contribution in [1.82, 2.24) is 15.0 Å². The predicted molar refractivity (Wildman–Crippen MR) is 76.5 cm³/mol. The zero-order chi connectivity index (χ0) is 14.7. The van der Waals surface area contributed by atoms with Crippen LogP contribution in [0.1, 0.15) is 21.6 Å². The lowest BCUT2D eigenvalue weighted by Crippen LogP contribution is -2.05. The molecule has 1 aromatic heterocycles. The third-order valence-electron chi connectivity index (χ3n) is 2.80. The molecule has 6 heteroatoms. The van der Waals surface area contributed by atoms with Crippen molar-refractivity contribution in [3.05, 3.63) is 47.7 Å². The van der Waals surface area contributed by atoms with Crippen LogP contribution in [0.4, 0.5) is 5.82 Å². The summed E-state index contributed by atoms with van der Waals surface area (Å²) in [6, 6.07) is 5.80. The second-order valence-electron chi connectivity index (χ2n) is 4.45. The van der Waals surface area contributed by atoms with Gasteiger partial charge in [-0.3, -0.25) is 0 Å². The molecule has 0 radical (unpaired) electrons. The second kappa shape index (κ2) is 5.56. The maximum atomic E-state index is 11.2. The van der Waals surface area contributed by atoms with Gasteiger partial charge in [0, 0.05) is 6.54 Å². The van der Waals surface area contributed by atoms with E-state index >= 15 is 0 Å². The maximum absolute atomic E-state index is 11.2. The second-order valence-corrected chi connectivity index (χ2v) is 4.45. The van der Waals surface area contributed by atoms with Gasteiger partial charge in [-0.15, -0.1) is 21.6 Å². The lowest BCUT2D eigenvalue weighted by Gasteiger charge is -2.04. The molecule has 0 fully saturated rings. The molecular weight excluding hydrogens is 256 g/mol. The number of carbonyl (C=O) groups is 1. The number of aromatic carboxylic acids is 1. The Balaban J connectivity index is 2.46. The van der Waals surface area contributed by atoms with Gasteiger partial charge in [0.2, 0.25) is 5.69 Å². The highest BCUT2D eigenvalue weighted by molar-refractivity contribution is 5.90. The number of carboxylic acids is 1. The summed E-state index contributed by atoms with van der Waals surface area (Å²) < 4.78 is 0. The van der Waals surface area contributed by atoms with Crippen LogP contribution in [0.2, 0.25) is 0 Å². The molecule has 2 aromatic rings. The van der Waals surface area contributed by atoms with Crippen LogP contribution < -0.4 is 5.32 Å². The molecular formula is C14H16N4O2. The van der Waals surface area contributed by atoms with Crippen LogP contribution >= 0.6 is 0 Å². The minimum absolute atomic E-state index is 0.105. The molecule has 6 nitrogen and oxygen atoms in total. The molecule has 0 aliphatic rings. The number of hydrogen-bond acceptors (Lipinski definition) is 4. The van der Waals surface area contributed by atoms with E-state index in [4.69, 9.17) is 5.11 Å². The van der Waals surface area contributed by atoms with Crippen molar-refractivity contribution in [3.63, 3.8) is 0 Å². The summed E-state index contributed by atoms with van der Waals surface area (Å²) in [5, 5.41) is 20.3. The molecule has 1 heterocycles. The Kier molecular flexibility index (Phi) is 3.84. The van der Waals surface area contributed by atoms with Crippen molar-refractivity contribution in [2.75, 3.05) is 11.9 Å². The summed E-state index contributed by atoms with van der Waals surface area (Å²) in [7, 11) is 0. The average molecular weight is 272 g/mol. The van der Waals surface area contributed by atoms with E-state index < -0.39 is 5.97 Å². The van der Waals surface area contributed by atoms with Crippen molar-refractivity contribution in [3.8, 4) is 5.69 Å². The number of aromatic nitrogens is 3. The highest BCUT2D eigenvalue weighted by Gasteiger charge is 2.18. The molecule has 0 aliphatic heterocycles. The third-order valence-corrected chi connectivity index (χ3v) is 2.80. The van der Waals surface area contributed by atoms with E-state index in [1.165, 1.54) is 4.80 Å². The number of anilines is 1. The lowest BCUT2D eigenvalue weighted by atomic mass is 10.1. The van der Waals surface area contributed by atoms with E-state index in [9.17, 15) is 4.79 Å². The zero-order valence-corrected chi connectivity index (χ0v) is 11.4. The summed E-state index contributed by atoms with van der Waals surface area (Å²) >= 11 is 0. The molecule has 2 rings (SSSR count). The van der Waals surface area contributed by atoms with Crippen LogP contribution in [-0.4, -0.2) is 32.6 Å². The van der Waals surface area contributed by atoms with Crippen molar-refractivity contribution in [1.29, 1.82) is 0 Å². The first-order chi connectivity index (χ1) is 9.52. The van der Waals surface area contributed by atoms with E-state index in [0.717, 1.165) is 16.8 Å². The molecule has 0 bridgehead atoms. The van der Waals surface area contributed by atoms with Gasteiger partial charge < -0.3 is 10.4 Å². The number of nitrogens with one attached hydrogen (secondary N) is 1. The van der Waals surface area contributed by atoms with Gasteiger partial charge in [0.1, 0.15) is 0 Å². The molecule has 0 saturated heterocycles. The summed E-state index contributed by atoms with van der Waals surface area (Å²) in [6.07, 6.45) is 1.63. The Morgan fingerprint density at radius 2 is 2.20 bits per heavy atom. The number of rotatable bonds is 5. The predicted octanol–water partition coefficient (Wildman–Crippen LogP) is 2.18. The SMILES string of the molecule is C=CCNc1nn(-c2ccc(C)cc2C)nc1C(=O)O. The van der Waals surface area contributed by atoms with Gasteiger partial charge in [0.25, 0.3) is 0 Å². The average Bonchev–Trinajstić information content (AvgIpc) is 2.80. The molecule has 1 aromatic carbocycles. The first-order valence-corrected chi connectivity index (χ1v) is 6.16. The van der Waals surface area contributed by atoms with E-state index in [1.807, 2.05) is 32.0 Å². The molecule has 0 aliphatic carbocycles. The number of hydrogen-bond donors (Lipinski definition) is 2. The monoisotopic (exact) mass is 272 g/mol. The Morgan fingerprint density at radius 3 is 2.80 bits per heavy atom. The van der Waals surface area contributed by atoms with E-state index in [1.54, 1.807) is 6.08 Å². The van der Waals surface area contributed by atoms with Gasteiger partial charge in [-0.25, -0.2) is 4.79 Å². The first-order valence-electron chi connectivity index (χ1n) is 6.16. The van der Waals surface area contributed by atoms with Crippen LogP contribution in [0.15, 0.2) is 30.9 Å². The molecule has 20 heavy (non-hydrogen) atoms. The van der Waals surface area contributed by atoms with Crippen molar-refractivity contribution in [2.24, 2.45) is 0 Å². The summed E-state index contributed by atoms with van der Waals surface area (Å²) in [5.74, 6) is -0.884. The number of carboxylic acid groups (broad SMARTS) is 1. The summed E-state index contributed by atoms with van der Waals surface area (Å²) in [5.41, 5.74) is 2.76. The van der Waals surface area contributed by atoms with Crippen LogP contribution in [0, 0.1) is 13.8 Å². The normalized spacial score (nSPS) is 10.3. The first kappa shape index (κ1) is 13.8. The van der Waals surface area contributed by atoms with Gasteiger partial charge in [-0.1, -0.05) is 23.8 Å². The molecule has 0 atom stereocenters. The third kappa shape index (κ3) is 2.69. The zero-order valence-electron chi connectivity index (χ0n) is 11.4. The van der Waals surface area contributed by atoms with E-state index in [-0.39, 0.29) is 11.5 Å². The van der Waals surface area contributed by atoms with Crippen LogP contribution in [0.3, 0.4) is 0 Å². The molecule has 0 amide bonds. The number of aryl methyl sites for hydroxylation is 2. The fourth-order valence-corrected chi connectivity index (χ4v) is 1.88. The topological polar surface area (TPSA) is 80.0 Å². The molecule has 0 spiro atoms. The minimum atomic E-state index is -1.12. The standard InChI is InChI=1S/C14H16N4O2/c1-4-7-15-13-12(14(19)20)16-18(17-13)11-6-5-9(2)8-10(11)3/h4-6,8H,1,7H2,2-3H3,(H,15,17)(H,19,20). The highest BCUT2D eigenvalue weighted by atomic mass is 16.4. The largest absolute Gasteiger partial charge is 0.476 e. The highest BCUT2D eigenvalue weighted by Crippen LogP contribution is 2.17. The fraction of sp³-hybridized carbons (Fsp3) is 0.214. The van der Waals surface area contributed by atoms with Crippen LogP contribution in [0.25, 0.3) is 5.69 Å². The molecule has 2 N–H and O–H groups in total. The maximum Gasteiger partial charge on any atom is 0.360 e. The van der Waals surface area contributed by atoms with Crippen LogP contribution in [-0.2, 0) is 0 Å². The van der Waals surface area contributed by atoms with E-state index in [0.29, 0.717) is 6.54 Å². The summed E-state index contributed by atoms with van der Waals surface area (Å²) in [4.78, 5) is 12.5. The Hall–Kier alpha value is -2.63. The fourth-order valence-electron chi connectivity index (χ4n) is 1.88. The van der Waals surface area contributed by atoms with Gasteiger partial charge in [0.15, 0.2) is 5.82 Å². The number of benzene rings is 1. The minimum Gasteiger partial charge on any atom is -0.476 e. The lowest BCUT2D eigenvalue weighted by molar-refractivity contribution is 0.0691. The summed E-state index contributed by atoms with van der Waals surface area (Å²) in [6.45, 7) is 7.92.